The minimum atomic E-state index is -1.03. The fourth-order valence-electron chi connectivity index (χ4n) is 12.1. The zero-order valence-electron chi connectivity index (χ0n) is 49.0. The lowest BCUT2D eigenvalue weighted by atomic mass is 10.00. The summed E-state index contributed by atoms with van der Waals surface area (Å²) in [6, 6.07) is 10.1. The molecule has 0 radical (unpaired) electrons. The number of hydrogen-bond acceptors (Lipinski definition) is 13. The highest BCUT2D eigenvalue weighted by Gasteiger charge is 2.37. The zero-order valence-corrected chi connectivity index (χ0v) is 49.8. The van der Waals surface area contributed by atoms with E-state index in [0.717, 1.165) is 42.3 Å². The number of halogens is 4. The van der Waals surface area contributed by atoms with Crippen molar-refractivity contribution >= 4 is 63.2 Å². The van der Waals surface area contributed by atoms with Crippen molar-refractivity contribution in [2.75, 3.05) is 36.0 Å². The Labute approximate surface area is 494 Å². The number of nitrogens with zero attached hydrogens (tertiary/aromatic N) is 13. The molecular formula is C64H65ClF3N13O4. The Hall–Kier alpha value is -8.65. The van der Waals surface area contributed by atoms with Crippen LogP contribution in [-0.2, 0) is 9.59 Å². The van der Waals surface area contributed by atoms with Crippen LogP contribution in [0.3, 0.4) is 0 Å². The highest BCUT2D eigenvalue weighted by molar-refractivity contribution is 6.34. The fourth-order valence-corrected chi connectivity index (χ4v) is 12.3. The van der Waals surface area contributed by atoms with Gasteiger partial charge in [0.1, 0.15) is 29.0 Å². The zero-order chi connectivity index (χ0) is 60.6. The van der Waals surface area contributed by atoms with Crippen molar-refractivity contribution in [1.29, 1.82) is 0 Å². The predicted octanol–water partition coefficient (Wildman–Crippen LogP) is 11.0. The maximum Gasteiger partial charge on any atom is 0.355 e. The van der Waals surface area contributed by atoms with Crippen molar-refractivity contribution in [3.8, 4) is 33.9 Å². The molecule has 1 aliphatic carbocycles. The van der Waals surface area contributed by atoms with E-state index in [0.29, 0.717) is 80.1 Å². The van der Waals surface area contributed by atoms with Crippen molar-refractivity contribution in [2.24, 2.45) is 0 Å². The fraction of sp³-hybridized carbons (Fsp3) is 0.359. The molecule has 11 rings (SSSR count). The molecule has 438 valence electrons. The molecule has 3 aliphatic rings. The van der Waals surface area contributed by atoms with Crippen LogP contribution in [0.5, 0.6) is 0 Å². The molecule has 1 saturated carbocycles. The normalized spacial score (nSPS) is 18.4. The van der Waals surface area contributed by atoms with Crippen molar-refractivity contribution in [3.63, 3.8) is 0 Å². The van der Waals surface area contributed by atoms with Gasteiger partial charge in [-0.15, -0.1) is 0 Å². The standard InChI is InChI=1S/C64H65ClF3N13O4/c1-12-49(82)76-28-37(9)78(30-35(76)7)59-43-25-45(65)55(42-15-14-23-69-54(42)40-18-19-40)72-61(43)81(64(85)74-59)58-39(11)41(27-71-53(58)33(4)5)20-21-50(83)77-29-38(10)79(31-36(77)8)60-44-26-48(68)56(51-46(66)16-13-17-47(51)67)73-62(44)80(63(84)75-60)57-34(6)22-24-70-52(57)32(2)3/h12-17,20-27,32-33,35-38,40H,1,18-19,28-31H2,2-11H3/b21-20-. The van der Waals surface area contributed by atoms with E-state index < -0.39 is 52.2 Å². The van der Waals surface area contributed by atoms with E-state index in [1.807, 2.05) is 84.2 Å². The van der Waals surface area contributed by atoms with Gasteiger partial charge in [-0.2, -0.15) is 9.97 Å². The number of fused-ring (bicyclic) bond motifs is 2. The van der Waals surface area contributed by atoms with Gasteiger partial charge in [-0.05, 0) is 138 Å². The van der Waals surface area contributed by atoms with Crippen molar-refractivity contribution < 1.29 is 22.8 Å². The maximum absolute atomic E-state index is 16.5. The summed E-state index contributed by atoms with van der Waals surface area (Å²) in [4.78, 5) is 98.1. The van der Waals surface area contributed by atoms with E-state index in [4.69, 9.17) is 31.5 Å². The Bertz CT molecular complexity index is 4200. The first kappa shape index (κ1) is 58.1. The van der Waals surface area contributed by atoms with Crippen LogP contribution in [-0.4, -0.2) is 116 Å². The van der Waals surface area contributed by atoms with E-state index in [1.54, 1.807) is 53.5 Å². The van der Waals surface area contributed by atoms with Gasteiger partial charge in [0.2, 0.25) is 11.8 Å². The Kier molecular flexibility index (Phi) is 15.6. The SMILES string of the molecule is C=CC(=O)N1CC(C)N(c2nc(=O)n(-c3c(C(C)C)ncc(/C=C\C(=O)N4CC(C)N(c5nc(=O)n(-c6c(C)ccnc6C(C)C)c6nc(-c7c(F)cccc7F)c(F)cc56)CC4C)c3C)c3nc(-c4cccnc4C4CC4)c(Cl)cc23)CC1C. The van der Waals surface area contributed by atoms with Crippen LogP contribution in [0.1, 0.15) is 120 Å². The molecular weight excluding hydrogens is 1110 g/mol. The molecule has 0 N–H and O–H groups in total. The monoisotopic (exact) mass is 1170 g/mol. The minimum absolute atomic E-state index is 0.0840. The van der Waals surface area contributed by atoms with Crippen molar-refractivity contribution in [1.82, 2.24) is 53.8 Å². The second-order valence-corrected chi connectivity index (χ2v) is 23.7. The molecule has 85 heavy (non-hydrogen) atoms. The molecule has 4 atom stereocenters. The van der Waals surface area contributed by atoms with Gasteiger partial charge in [-0.25, -0.2) is 41.9 Å². The molecule has 8 aromatic rings. The average Bonchev–Trinajstić information content (AvgIpc) is 1.39. The van der Waals surface area contributed by atoms with Gasteiger partial charge >= 0.3 is 11.4 Å². The van der Waals surface area contributed by atoms with Crippen LogP contribution in [0, 0.1) is 31.3 Å². The van der Waals surface area contributed by atoms with E-state index in [2.05, 4.69) is 21.5 Å². The Morgan fingerprint density at radius 3 is 1.81 bits per heavy atom. The molecule has 2 amide bonds. The maximum atomic E-state index is 16.5. The quantitative estimate of drug-likeness (QED) is 0.106. The summed E-state index contributed by atoms with van der Waals surface area (Å²) in [5.74, 6) is -3.30. The molecule has 0 spiro atoms. The summed E-state index contributed by atoms with van der Waals surface area (Å²) in [7, 11) is 0. The van der Waals surface area contributed by atoms with Crippen LogP contribution < -0.4 is 21.2 Å². The second-order valence-electron chi connectivity index (χ2n) is 23.3. The molecule has 9 heterocycles. The first-order chi connectivity index (χ1) is 40.6. The largest absolute Gasteiger partial charge is 0.355 e. The smallest absolute Gasteiger partial charge is 0.349 e. The first-order valence-corrected chi connectivity index (χ1v) is 29.0. The summed E-state index contributed by atoms with van der Waals surface area (Å²) < 4.78 is 50.0. The Balaban J connectivity index is 0.969. The summed E-state index contributed by atoms with van der Waals surface area (Å²) >= 11 is 7.27. The number of rotatable bonds is 12. The lowest BCUT2D eigenvalue weighted by Gasteiger charge is -2.44. The predicted molar refractivity (Wildman–Crippen MR) is 324 cm³/mol. The molecule has 2 saturated heterocycles. The van der Waals surface area contributed by atoms with Gasteiger partial charge < -0.3 is 19.6 Å². The van der Waals surface area contributed by atoms with Gasteiger partial charge in [0.25, 0.3) is 0 Å². The molecule has 17 nitrogen and oxygen atoms in total. The van der Waals surface area contributed by atoms with Crippen molar-refractivity contribution in [2.45, 2.75) is 124 Å². The third-order valence-electron chi connectivity index (χ3n) is 16.6. The number of carbonyl (C=O) groups excluding carboxylic acids is 2. The lowest BCUT2D eigenvalue weighted by Crippen LogP contribution is -2.58. The van der Waals surface area contributed by atoms with E-state index >= 15 is 18.0 Å². The number of pyridine rings is 5. The average molecular weight is 1170 g/mol. The molecule has 21 heteroatoms. The third-order valence-corrected chi connectivity index (χ3v) is 16.9. The lowest BCUT2D eigenvalue weighted by molar-refractivity contribution is -0.129. The molecule has 2 aliphatic heterocycles. The van der Waals surface area contributed by atoms with Gasteiger partial charge in [0, 0.05) is 86.5 Å². The number of aromatic nitrogens is 9. The number of aryl methyl sites for hydroxylation is 1. The number of piperazine rings is 2. The number of benzene rings is 1. The summed E-state index contributed by atoms with van der Waals surface area (Å²) in [6.07, 6.45) is 11.4. The van der Waals surface area contributed by atoms with Crippen LogP contribution in [0.25, 0.3) is 62.0 Å². The molecule has 3 fully saturated rings. The highest BCUT2D eigenvalue weighted by atomic mass is 35.5. The molecule has 4 unspecified atom stereocenters. The number of anilines is 2. The number of hydrogen-bond donors (Lipinski definition) is 0. The minimum Gasteiger partial charge on any atom is -0.349 e. The van der Waals surface area contributed by atoms with Crippen LogP contribution in [0.2, 0.25) is 5.02 Å². The van der Waals surface area contributed by atoms with Crippen molar-refractivity contribution in [3.05, 3.63) is 163 Å². The van der Waals surface area contributed by atoms with Gasteiger partial charge in [-0.1, -0.05) is 51.9 Å². The Morgan fingerprint density at radius 1 is 0.659 bits per heavy atom. The summed E-state index contributed by atoms with van der Waals surface area (Å²) in [5.41, 5.74) is 3.37. The van der Waals surface area contributed by atoms with Gasteiger partial charge in [0.15, 0.2) is 17.1 Å². The van der Waals surface area contributed by atoms with E-state index in [-0.39, 0.29) is 71.6 Å². The molecule has 1 aromatic carbocycles. The second kappa shape index (κ2) is 22.7. The third kappa shape index (κ3) is 10.4. The number of amides is 2. The topological polar surface area (TPSA) is 181 Å². The van der Waals surface area contributed by atoms with E-state index in [1.165, 1.54) is 27.4 Å². The van der Waals surface area contributed by atoms with Gasteiger partial charge in [0.05, 0.1) is 55.5 Å². The number of carbonyl (C=O) groups is 2. The van der Waals surface area contributed by atoms with Crippen LogP contribution in [0.15, 0.2) is 95.4 Å². The van der Waals surface area contributed by atoms with Gasteiger partial charge in [-0.3, -0.25) is 24.5 Å². The summed E-state index contributed by atoms with van der Waals surface area (Å²) in [6.45, 7) is 23.8. The molecule has 7 aromatic heterocycles. The Morgan fingerprint density at radius 2 is 1.22 bits per heavy atom. The van der Waals surface area contributed by atoms with Crippen LogP contribution >= 0.6 is 11.6 Å². The van der Waals surface area contributed by atoms with E-state index in [9.17, 15) is 14.4 Å². The highest BCUT2D eigenvalue weighted by Crippen LogP contribution is 2.45. The van der Waals surface area contributed by atoms with Crippen LogP contribution in [0.4, 0.5) is 24.8 Å². The molecule has 0 bridgehead atoms. The first-order valence-electron chi connectivity index (χ1n) is 28.6. The summed E-state index contributed by atoms with van der Waals surface area (Å²) in [5, 5.41) is 0.966.